The van der Waals surface area contributed by atoms with Gasteiger partial charge in [0.25, 0.3) is 15.9 Å². The largest absolute Gasteiger partial charge is 0.495 e. The standard InChI is InChI=1S/C22H24N2O4S2/c1-15-11-12-17(22(25)24(3)16(2)20-10-7-13-29-20)14-21(15)30(26,27)23-18-8-5-6-9-19(18)28-4/h5-14,16,23H,1-4H3. The Morgan fingerprint density at radius 2 is 1.87 bits per heavy atom. The fourth-order valence-corrected chi connectivity index (χ4v) is 5.22. The van der Waals surface area contributed by atoms with Crippen LogP contribution in [0.3, 0.4) is 0 Å². The predicted molar refractivity (Wildman–Crippen MR) is 120 cm³/mol. The van der Waals surface area contributed by atoms with Crippen LogP contribution < -0.4 is 9.46 Å². The first-order chi connectivity index (χ1) is 14.2. The molecule has 3 rings (SSSR count). The summed E-state index contributed by atoms with van der Waals surface area (Å²) < 4.78 is 33.9. The molecule has 1 amide bonds. The van der Waals surface area contributed by atoms with Gasteiger partial charge in [0, 0.05) is 17.5 Å². The Kier molecular flexibility index (Phi) is 6.48. The van der Waals surface area contributed by atoms with Gasteiger partial charge in [-0.05, 0) is 55.1 Å². The Morgan fingerprint density at radius 3 is 2.53 bits per heavy atom. The lowest BCUT2D eigenvalue weighted by atomic mass is 10.1. The molecule has 0 aliphatic carbocycles. The average Bonchev–Trinajstić information content (AvgIpc) is 3.27. The molecule has 158 valence electrons. The molecule has 0 aliphatic heterocycles. The summed E-state index contributed by atoms with van der Waals surface area (Å²) in [6.07, 6.45) is 0. The van der Waals surface area contributed by atoms with Crippen LogP contribution in [0.5, 0.6) is 5.75 Å². The van der Waals surface area contributed by atoms with E-state index in [9.17, 15) is 13.2 Å². The predicted octanol–water partition coefficient (Wildman–Crippen LogP) is 4.70. The monoisotopic (exact) mass is 444 g/mol. The summed E-state index contributed by atoms with van der Waals surface area (Å²) in [6.45, 7) is 3.64. The number of ether oxygens (including phenoxy) is 1. The maximum absolute atomic E-state index is 13.1. The van der Waals surface area contributed by atoms with Crippen molar-refractivity contribution >= 4 is 33.0 Å². The highest BCUT2D eigenvalue weighted by molar-refractivity contribution is 7.92. The number of amides is 1. The van der Waals surface area contributed by atoms with Crippen LogP contribution in [0.2, 0.25) is 0 Å². The lowest BCUT2D eigenvalue weighted by Crippen LogP contribution is -2.29. The van der Waals surface area contributed by atoms with Gasteiger partial charge >= 0.3 is 0 Å². The molecule has 3 aromatic rings. The summed E-state index contributed by atoms with van der Waals surface area (Å²) in [5.41, 5.74) is 1.19. The number of hydrogen-bond donors (Lipinski definition) is 1. The molecule has 30 heavy (non-hydrogen) atoms. The van der Waals surface area contributed by atoms with E-state index < -0.39 is 10.0 Å². The molecule has 1 atom stereocenters. The van der Waals surface area contributed by atoms with Gasteiger partial charge in [-0.25, -0.2) is 8.42 Å². The zero-order valence-corrected chi connectivity index (χ0v) is 18.9. The van der Waals surface area contributed by atoms with Crippen molar-refractivity contribution in [3.63, 3.8) is 0 Å². The molecule has 0 saturated heterocycles. The number of anilines is 1. The second-order valence-corrected chi connectivity index (χ2v) is 9.52. The van der Waals surface area contributed by atoms with Crippen molar-refractivity contribution in [1.82, 2.24) is 4.90 Å². The number of carbonyl (C=O) groups excluding carboxylic acids is 1. The highest BCUT2D eigenvalue weighted by atomic mass is 32.2. The van der Waals surface area contributed by atoms with Crippen molar-refractivity contribution in [2.24, 2.45) is 0 Å². The van der Waals surface area contributed by atoms with Gasteiger partial charge in [-0.15, -0.1) is 11.3 Å². The van der Waals surface area contributed by atoms with Gasteiger partial charge in [-0.2, -0.15) is 0 Å². The number of sulfonamides is 1. The molecule has 8 heteroatoms. The van der Waals surface area contributed by atoms with Gasteiger partial charge in [0.15, 0.2) is 0 Å². The summed E-state index contributed by atoms with van der Waals surface area (Å²) in [5.74, 6) is 0.167. The van der Waals surface area contributed by atoms with E-state index in [-0.39, 0.29) is 16.8 Å². The molecule has 0 spiro atoms. The minimum Gasteiger partial charge on any atom is -0.495 e. The van der Waals surface area contributed by atoms with Crippen molar-refractivity contribution in [1.29, 1.82) is 0 Å². The second kappa shape index (κ2) is 8.89. The van der Waals surface area contributed by atoms with Crippen LogP contribution in [0, 0.1) is 6.92 Å². The van der Waals surface area contributed by atoms with Gasteiger partial charge in [-0.1, -0.05) is 24.3 Å². The van der Waals surface area contributed by atoms with Crippen LogP contribution >= 0.6 is 11.3 Å². The highest BCUT2D eigenvalue weighted by Crippen LogP contribution is 2.29. The number of thiophene rings is 1. The summed E-state index contributed by atoms with van der Waals surface area (Å²) in [5, 5.41) is 1.96. The van der Waals surface area contributed by atoms with Crippen molar-refractivity contribution in [2.45, 2.75) is 24.8 Å². The summed E-state index contributed by atoms with van der Waals surface area (Å²) in [6, 6.07) is 15.3. The van der Waals surface area contributed by atoms with Crippen molar-refractivity contribution in [3.05, 3.63) is 76.0 Å². The van der Waals surface area contributed by atoms with Crippen molar-refractivity contribution in [2.75, 3.05) is 18.9 Å². The Hall–Kier alpha value is -2.84. The van der Waals surface area contributed by atoms with Crippen molar-refractivity contribution in [3.8, 4) is 5.75 Å². The SMILES string of the molecule is COc1ccccc1NS(=O)(=O)c1cc(C(=O)N(C)C(C)c2cccs2)ccc1C. The first-order valence-electron chi connectivity index (χ1n) is 9.31. The molecular weight excluding hydrogens is 420 g/mol. The maximum atomic E-state index is 13.1. The fourth-order valence-electron chi connectivity index (χ4n) is 3.05. The Morgan fingerprint density at radius 1 is 1.13 bits per heavy atom. The van der Waals surface area contributed by atoms with E-state index in [4.69, 9.17) is 4.74 Å². The third-order valence-corrected chi connectivity index (χ3v) is 7.48. The molecule has 0 fully saturated rings. The normalized spacial score (nSPS) is 12.3. The quantitative estimate of drug-likeness (QED) is 0.573. The number of nitrogens with zero attached hydrogens (tertiary/aromatic N) is 1. The minimum absolute atomic E-state index is 0.0523. The van der Waals surface area contributed by atoms with E-state index in [1.54, 1.807) is 66.6 Å². The van der Waals surface area contributed by atoms with E-state index in [0.29, 0.717) is 22.6 Å². The molecule has 0 saturated carbocycles. The fraction of sp³-hybridized carbons (Fsp3) is 0.227. The van der Waals surface area contributed by atoms with Crippen LogP contribution in [0.25, 0.3) is 0 Å². The van der Waals surface area contributed by atoms with Gasteiger partial charge in [0.2, 0.25) is 0 Å². The maximum Gasteiger partial charge on any atom is 0.262 e. The lowest BCUT2D eigenvalue weighted by molar-refractivity contribution is 0.0744. The minimum atomic E-state index is -3.92. The molecule has 0 bridgehead atoms. The molecule has 2 aromatic carbocycles. The molecule has 1 unspecified atom stereocenters. The van der Waals surface area contributed by atoms with Crippen molar-refractivity contribution < 1.29 is 17.9 Å². The zero-order chi connectivity index (χ0) is 21.9. The Balaban J connectivity index is 1.91. The molecule has 6 nitrogen and oxygen atoms in total. The van der Waals surface area contributed by atoms with Gasteiger partial charge in [0.05, 0.1) is 23.7 Å². The summed E-state index contributed by atoms with van der Waals surface area (Å²) in [7, 11) is -0.730. The first-order valence-corrected chi connectivity index (χ1v) is 11.7. The van der Waals surface area contributed by atoms with E-state index in [0.717, 1.165) is 4.88 Å². The van der Waals surface area contributed by atoms with E-state index in [1.165, 1.54) is 13.2 Å². The van der Waals surface area contributed by atoms with Crippen LogP contribution in [0.15, 0.2) is 64.9 Å². The topological polar surface area (TPSA) is 75.7 Å². The second-order valence-electron chi connectivity index (χ2n) is 6.89. The first kappa shape index (κ1) is 21.9. The van der Waals surface area contributed by atoms with Gasteiger partial charge in [0.1, 0.15) is 5.75 Å². The smallest absolute Gasteiger partial charge is 0.262 e. The molecule has 0 aliphatic rings. The van der Waals surface area contributed by atoms with E-state index in [1.807, 2.05) is 24.4 Å². The Bertz CT molecular complexity index is 1140. The van der Waals surface area contributed by atoms with Crippen LogP contribution in [0.4, 0.5) is 5.69 Å². The number of benzene rings is 2. The van der Waals surface area contributed by atoms with Gasteiger partial charge < -0.3 is 9.64 Å². The van der Waals surface area contributed by atoms with Gasteiger partial charge in [-0.3, -0.25) is 9.52 Å². The number of carbonyl (C=O) groups is 1. The third kappa shape index (κ3) is 4.49. The van der Waals surface area contributed by atoms with Crippen LogP contribution in [-0.2, 0) is 10.0 Å². The average molecular weight is 445 g/mol. The number of aryl methyl sites for hydroxylation is 1. The lowest BCUT2D eigenvalue weighted by Gasteiger charge is -2.24. The van der Waals surface area contributed by atoms with Crippen LogP contribution in [0.1, 0.15) is 33.8 Å². The number of methoxy groups -OCH3 is 1. The highest BCUT2D eigenvalue weighted by Gasteiger charge is 2.24. The Labute approximate surface area is 181 Å². The number of rotatable bonds is 7. The van der Waals surface area contributed by atoms with E-state index in [2.05, 4.69) is 4.72 Å². The third-order valence-electron chi connectivity index (χ3n) is 4.93. The zero-order valence-electron chi connectivity index (χ0n) is 17.2. The summed E-state index contributed by atoms with van der Waals surface area (Å²) >= 11 is 1.57. The summed E-state index contributed by atoms with van der Waals surface area (Å²) in [4.78, 5) is 15.7. The van der Waals surface area contributed by atoms with Crippen LogP contribution in [-0.4, -0.2) is 33.4 Å². The van der Waals surface area contributed by atoms with E-state index >= 15 is 0 Å². The molecular formula is C22H24N2O4S2. The molecule has 1 N–H and O–H groups in total. The molecule has 1 aromatic heterocycles. The molecule has 0 radical (unpaired) electrons. The number of nitrogens with one attached hydrogen (secondary N) is 1. The number of para-hydroxylation sites is 2. The number of hydrogen-bond acceptors (Lipinski definition) is 5. The molecule has 1 heterocycles.